The molecule has 0 saturated carbocycles. The Balaban J connectivity index is 1.89. The molecule has 0 aliphatic carbocycles. The standard InChI is InChI=1S/C11H22N2O/c12-9-10(13-6-2-3-7-13)11-5-1-4-8-14-11/h10-11H,1-9,12H2. The maximum Gasteiger partial charge on any atom is 0.0742 e. The van der Waals surface area contributed by atoms with E-state index in [2.05, 4.69) is 4.90 Å². The number of hydrogen-bond acceptors (Lipinski definition) is 3. The molecule has 0 aromatic rings. The first-order chi connectivity index (χ1) is 6.92. The van der Waals surface area contributed by atoms with Gasteiger partial charge in [-0.05, 0) is 45.2 Å². The Labute approximate surface area is 86.6 Å². The Kier molecular flexibility index (Phi) is 3.79. The summed E-state index contributed by atoms with van der Waals surface area (Å²) >= 11 is 0. The topological polar surface area (TPSA) is 38.5 Å². The van der Waals surface area contributed by atoms with E-state index in [4.69, 9.17) is 10.5 Å². The molecule has 0 amide bonds. The summed E-state index contributed by atoms with van der Waals surface area (Å²) in [5, 5.41) is 0. The largest absolute Gasteiger partial charge is 0.377 e. The number of nitrogens with two attached hydrogens (primary N) is 1. The molecule has 0 radical (unpaired) electrons. The van der Waals surface area contributed by atoms with Gasteiger partial charge in [0.25, 0.3) is 0 Å². The molecular weight excluding hydrogens is 176 g/mol. The fourth-order valence-electron chi connectivity index (χ4n) is 2.68. The van der Waals surface area contributed by atoms with Gasteiger partial charge in [0.15, 0.2) is 0 Å². The molecule has 2 unspecified atom stereocenters. The SMILES string of the molecule is NCC(C1CCCCO1)N1CCCC1. The molecule has 2 rings (SSSR count). The van der Waals surface area contributed by atoms with Crippen LogP contribution in [0.25, 0.3) is 0 Å². The first kappa shape index (κ1) is 10.4. The van der Waals surface area contributed by atoms with E-state index in [1.807, 2.05) is 0 Å². The number of rotatable bonds is 3. The van der Waals surface area contributed by atoms with Gasteiger partial charge in [0, 0.05) is 19.2 Å². The van der Waals surface area contributed by atoms with Crippen LogP contribution in [-0.2, 0) is 4.74 Å². The van der Waals surface area contributed by atoms with E-state index in [0.29, 0.717) is 12.1 Å². The molecular formula is C11H22N2O. The summed E-state index contributed by atoms with van der Waals surface area (Å²) < 4.78 is 5.82. The summed E-state index contributed by atoms with van der Waals surface area (Å²) in [6.07, 6.45) is 6.83. The molecule has 2 atom stereocenters. The number of ether oxygens (including phenoxy) is 1. The Bertz CT molecular complexity index is 163. The molecule has 2 aliphatic heterocycles. The third kappa shape index (κ3) is 2.27. The van der Waals surface area contributed by atoms with Crippen molar-refractivity contribution in [3.05, 3.63) is 0 Å². The van der Waals surface area contributed by atoms with Crippen LogP contribution < -0.4 is 5.73 Å². The maximum atomic E-state index is 5.86. The molecule has 3 heteroatoms. The zero-order valence-corrected chi connectivity index (χ0v) is 8.95. The minimum atomic E-state index is 0.409. The summed E-state index contributed by atoms with van der Waals surface area (Å²) in [7, 11) is 0. The van der Waals surface area contributed by atoms with Crippen molar-refractivity contribution in [1.82, 2.24) is 4.90 Å². The van der Waals surface area contributed by atoms with Crippen molar-refractivity contribution in [2.45, 2.75) is 44.2 Å². The second-order valence-electron chi connectivity index (χ2n) is 4.45. The molecule has 0 aromatic carbocycles. The molecule has 2 N–H and O–H groups in total. The summed E-state index contributed by atoms with van der Waals surface area (Å²) in [6.45, 7) is 4.14. The molecule has 0 spiro atoms. The van der Waals surface area contributed by atoms with Gasteiger partial charge in [0.1, 0.15) is 0 Å². The monoisotopic (exact) mass is 198 g/mol. The lowest BCUT2D eigenvalue weighted by Gasteiger charge is -2.35. The fraction of sp³-hybridized carbons (Fsp3) is 1.00. The molecule has 0 aromatic heterocycles. The van der Waals surface area contributed by atoms with Crippen LogP contribution in [-0.4, -0.2) is 43.3 Å². The molecule has 2 saturated heterocycles. The maximum absolute atomic E-state index is 5.86. The van der Waals surface area contributed by atoms with Crippen molar-refractivity contribution in [3.8, 4) is 0 Å². The fourth-order valence-corrected chi connectivity index (χ4v) is 2.68. The Morgan fingerprint density at radius 3 is 2.57 bits per heavy atom. The van der Waals surface area contributed by atoms with Crippen molar-refractivity contribution in [2.24, 2.45) is 5.73 Å². The highest BCUT2D eigenvalue weighted by Gasteiger charge is 2.29. The van der Waals surface area contributed by atoms with Gasteiger partial charge in [-0.15, -0.1) is 0 Å². The smallest absolute Gasteiger partial charge is 0.0742 e. The van der Waals surface area contributed by atoms with Gasteiger partial charge in [-0.25, -0.2) is 0 Å². The molecule has 2 heterocycles. The summed E-state index contributed by atoms with van der Waals surface area (Å²) in [5.41, 5.74) is 5.86. The van der Waals surface area contributed by atoms with Gasteiger partial charge < -0.3 is 10.5 Å². The summed E-state index contributed by atoms with van der Waals surface area (Å²) in [4.78, 5) is 2.52. The highest BCUT2D eigenvalue weighted by Crippen LogP contribution is 2.21. The number of likely N-dealkylation sites (tertiary alicyclic amines) is 1. The number of nitrogens with zero attached hydrogens (tertiary/aromatic N) is 1. The molecule has 14 heavy (non-hydrogen) atoms. The first-order valence-corrected chi connectivity index (χ1v) is 5.97. The summed E-state index contributed by atoms with van der Waals surface area (Å²) in [5.74, 6) is 0. The highest BCUT2D eigenvalue weighted by molar-refractivity contribution is 4.85. The zero-order chi connectivity index (χ0) is 9.80. The van der Waals surface area contributed by atoms with Crippen molar-refractivity contribution >= 4 is 0 Å². The van der Waals surface area contributed by atoms with Gasteiger partial charge in [0.05, 0.1) is 6.10 Å². The highest BCUT2D eigenvalue weighted by atomic mass is 16.5. The van der Waals surface area contributed by atoms with Crippen LogP contribution in [0.5, 0.6) is 0 Å². The van der Waals surface area contributed by atoms with Gasteiger partial charge in [-0.2, -0.15) is 0 Å². The van der Waals surface area contributed by atoms with Crippen LogP contribution in [0.3, 0.4) is 0 Å². The van der Waals surface area contributed by atoms with Gasteiger partial charge >= 0.3 is 0 Å². The quantitative estimate of drug-likeness (QED) is 0.734. The van der Waals surface area contributed by atoms with Gasteiger partial charge in [-0.3, -0.25) is 4.90 Å². The van der Waals surface area contributed by atoms with E-state index >= 15 is 0 Å². The van der Waals surface area contributed by atoms with Crippen LogP contribution in [0.15, 0.2) is 0 Å². The van der Waals surface area contributed by atoms with Crippen LogP contribution in [0.4, 0.5) is 0 Å². The normalized spacial score (nSPS) is 31.9. The van der Waals surface area contributed by atoms with Crippen molar-refractivity contribution in [1.29, 1.82) is 0 Å². The minimum Gasteiger partial charge on any atom is -0.377 e. The minimum absolute atomic E-state index is 0.409. The molecule has 3 nitrogen and oxygen atoms in total. The van der Waals surface area contributed by atoms with Gasteiger partial charge in [0.2, 0.25) is 0 Å². The molecule has 82 valence electrons. The average Bonchev–Trinajstić information content (AvgIpc) is 2.74. The Morgan fingerprint density at radius 1 is 1.21 bits per heavy atom. The second-order valence-corrected chi connectivity index (χ2v) is 4.45. The molecule has 2 fully saturated rings. The molecule has 0 bridgehead atoms. The Morgan fingerprint density at radius 2 is 2.00 bits per heavy atom. The second kappa shape index (κ2) is 5.10. The third-order valence-corrected chi connectivity index (χ3v) is 3.50. The average molecular weight is 198 g/mol. The lowest BCUT2D eigenvalue weighted by atomic mass is 10.0. The predicted octanol–water partition coefficient (Wildman–Crippen LogP) is 0.979. The van der Waals surface area contributed by atoms with Crippen LogP contribution in [0.1, 0.15) is 32.1 Å². The van der Waals surface area contributed by atoms with E-state index in [-0.39, 0.29) is 0 Å². The van der Waals surface area contributed by atoms with E-state index in [1.165, 1.54) is 45.2 Å². The van der Waals surface area contributed by atoms with Crippen LogP contribution in [0, 0.1) is 0 Å². The Hall–Kier alpha value is -0.120. The van der Waals surface area contributed by atoms with Gasteiger partial charge in [-0.1, -0.05) is 0 Å². The van der Waals surface area contributed by atoms with Crippen molar-refractivity contribution in [2.75, 3.05) is 26.2 Å². The van der Waals surface area contributed by atoms with Crippen molar-refractivity contribution in [3.63, 3.8) is 0 Å². The third-order valence-electron chi connectivity index (χ3n) is 3.50. The van der Waals surface area contributed by atoms with Crippen LogP contribution in [0.2, 0.25) is 0 Å². The van der Waals surface area contributed by atoms with E-state index in [0.717, 1.165) is 13.2 Å². The lowest BCUT2D eigenvalue weighted by molar-refractivity contribution is -0.0340. The summed E-state index contributed by atoms with van der Waals surface area (Å²) in [6, 6.07) is 0.484. The predicted molar refractivity (Wildman–Crippen MR) is 57.2 cm³/mol. The molecule has 2 aliphatic rings. The van der Waals surface area contributed by atoms with E-state index in [1.54, 1.807) is 0 Å². The zero-order valence-electron chi connectivity index (χ0n) is 8.95. The van der Waals surface area contributed by atoms with E-state index in [9.17, 15) is 0 Å². The first-order valence-electron chi connectivity index (χ1n) is 5.97. The number of hydrogen-bond donors (Lipinski definition) is 1. The lowest BCUT2D eigenvalue weighted by Crippen LogP contribution is -2.49. The van der Waals surface area contributed by atoms with E-state index < -0.39 is 0 Å². The van der Waals surface area contributed by atoms with Crippen LogP contribution >= 0.6 is 0 Å². The van der Waals surface area contributed by atoms with Crippen molar-refractivity contribution < 1.29 is 4.74 Å².